The molecule has 0 spiro atoms. The molecule has 2 aliphatic heterocycles. The van der Waals surface area contributed by atoms with E-state index < -0.39 is 11.9 Å². The van der Waals surface area contributed by atoms with Gasteiger partial charge in [-0.1, -0.05) is 30.3 Å². The molecule has 0 aliphatic carbocycles. The van der Waals surface area contributed by atoms with Crippen molar-refractivity contribution in [2.24, 2.45) is 0 Å². The molecular formula is C15H11ClO5S. The van der Waals surface area contributed by atoms with Gasteiger partial charge in [-0.15, -0.1) is 0 Å². The highest BCUT2D eigenvalue weighted by atomic mass is 35.5. The number of halogens is 1. The maximum atomic E-state index is 11.0. The maximum absolute atomic E-state index is 11.0. The van der Waals surface area contributed by atoms with Crippen molar-refractivity contribution in [3.8, 4) is 0 Å². The molecule has 0 bridgehead atoms. The molecule has 1 atom stereocenters. The van der Waals surface area contributed by atoms with E-state index in [-0.39, 0.29) is 23.9 Å². The summed E-state index contributed by atoms with van der Waals surface area (Å²) < 4.78 is 8.91. The maximum Gasteiger partial charge on any atom is 0.341 e. The summed E-state index contributed by atoms with van der Waals surface area (Å²) in [7, 11) is 0. The van der Waals surface area contributed by atoms with E-state index >= 15 is 0 Å². The molecule has 2 fully saturated rings. The highest BCUT2D eigenvalue weighted by Crippen LogP contribution is 2.29. The van der Waals surface area contributed by atoms with E-state index in [1.165, 1.54) is 0 Å². The van der Waals surface area contributed by atoms with Crippen molar-refractivity contribution in [3.63, 3.8) is 0 Å². The predicted molar refractivity (Wildman–Crippen MR) is 82.4 cm³/mol. The average Bonchev–Trinajstić information content (AvgIpc) is 2.93. The fraction of sp³-hybridized carbons (Fsp3) is 0.200. The Morgan fingerprint density at radius 3 is 2.09 bits per heavy atom. The summed E-state index contributed by atoms with van der Waals surface area (Å²) >= 11 is 10.7. The van der Waals surface area contributed by atoms with Gasteiger partial charge in [0.1, 0.15) is 0 Å². The highest BCUT2D eigenvalue weighted by Gasteiger charge is 2.31. The zero-order valence-corrected chi connectivity index (χ0v) is 12.9. The van der Waals surface area contributed by atoms with E-state index in [0.717, 1.165) is 5.56 Å². The molecule has 0 aromatic heterocycles. The minimum atomic E-state index is -0.588. The summed E-state index contributed by atoms with van der Waals surface area (Å²) in [4.78, 5) is 31.4. The monoisotopic (exact) mass is 338 g/mol. The minimum absolute atomic E-state index is 0.0544. The van der Waals surface area contributed by atoms with Gasteiger partial charge in [0, 0.05) is 10.6 Å². The van der Waals surface area contributed by atoms with Crippen molar-refractivity contribution in [2.45, 2.75) is 18.8 Å². The first kappa shape index (κ1) is 16.3. The van der Waals surface area contributed by atoms with Crippen LogP contribution in [0.4, 0.5) is 0 Å². The Labute approximate surface area is 136 Å². The zero-order valence-electron chi connectivity index (χ0n) is 11.3. The lowest BCUT2D eigenvalue weighted by Gasteiger charge is -2.05. The molecule has 3 rings (SSSR count). The first-order chi connectivity index (χ1) is 10.4. The van der Waals surface area contributed by atoms with Gasteiger partial charge in [-0.3, -0.25) is 9.59 Å². The quantitative estimate of drug-likeness (QED) is 0.339. The molecule has 1 unspecified atom stereocenters. The van der Waals surface area contributed by atoms with Crippen molar-refractivity contribution in [1.29, 1.82) is 0 Å². The second kappa shape index (κ2) is 6.81. The van der Waals surface area contributed by atoms with E-state index in [0.29, 0.717) is 16.5 Å². The minimum Gasteiger partial charge on any atom is -0.418 e. The molecule has 7 heteroatoms. The van der Waals surface area contributed by atoms with Gasteiger partial charge in [-0.05, 0) is 29.9 Å². The molecule has 5 nitrogen and oxygen atoms in total. The summed E-state index contributed by atoms with van der Waals surface area (Å²) in [6, 6.07) is 7.28. The van der Waals surface area contributed by atoms with Crippen LogP contribution < -0.4 is 0 Å². The topological polar surface area (TPSA) is 69.7 Å². The lowest BCUT2D eigenvalue weighted by atomic mass is 9.98. The molecule has 0 N–H and O–H groups in total. The molecule has 1 aromatic carbocycles. The largest absolute Gasteiger partial charge is 0.418 e. The van der Waals surface area contributed by atoms with Gasteiger partial charge in [0.15, 0.2) is 5.05 Å². The Morgan fingerprint density at radius 2 is 1.73 bits per heavy atom. The van der Waals surface area contributed by atoms with Gasteiger partial charge in [0.25, 0.3) is 0 Å². The Morgan fingerprint density at radius 1 is 1.09 bits per heavy atom. The van der Waals surface area contributed by atoms with Crippen LogP contribution in [0.1, 0.15) is 24.3 Å². The molecule has 2 saturated heterocycles. The Balaban J connectivity index is 0.000000188. The number of ether oxygens (including phenoxy) is 2. The van der Waals surface area contributed by atoms with Crippen molar-refractivity contribution >= 4 is 46.8 Å². The van der Waals surface area contributed by atoms with Crippen LogP contribution in [0, 0.1) is 0 Å². The molecule has 1 aromatic rings. The number of cyclic esters (lactones) is 3. The fourth-order valence-electron chi connectivity index (χ4n) is 1.88. The lowest BCUT2D eigenvalue weighted by molar-refractivity contribution is -0.151. The van der Waals surface area contributed by atoms with Gasteiger partial charge in [-0.25, -0.2) is 4.79 Å². The van der Waals surface area contributed by atoms with Gasteiger partial charge in [0.2, 0.25) is 0 Å². The summed E-state index contributed by atoms with van der Waals surface area (Å²) in [5, 5.41) is 1.03. The number of rotatable bonds is 1. The Hall–Kier alpha value is -2.05. The molecule has 0 radical (unpaired) electrons. The van der Waals surface area contributed by atoms with Crippen LogP contribution >= 0.6 is 23.8 Å². The fourth-order valence-corrected chi connectivity index (χ4v) is 2.32. The van der Waals surface area contributed by atoms with E-state index in [9.17, 15) is 14.4 Å². The van der Waals surface area contributed by atoms with Crippen molar-refractivity contribution in [1.82, 2.24) is 0 Å². The van der Waals surface area contributed by atoms with Crippen LogP contribution in [-0.2, 0) is 23.9 Å². The summed E-state index contributed by atoms with van der Waals surface area (Å²) in [5.41, 5.74) is 1.22. The molecule has 2 heterocycles. The number of hydrogen-bond donors (Lipinski definition) is 0. The third-order valence-corrected chi connectivity index (χ3v) is 3.61. The van der Waals surface area contributed by atoms with Gasteiger partial charge >= 0.3 is 17.9 Å². The molecule has 2 aliphatic rings. The van der Waals surface area contributed by atoms with E-state index in [1.54, 1.807) is 12.1 Å². The number of esters is 3. The van der Waals surface area contributed by atoms with Crippen molar-refractivity contribution in [3.05, 3.63) is 47.0 Å². The standard InChI is InChI=1S/C10H7ClO2S.C5H4O3/c11-7-3-1-6(2-4-7)8-5-9(12)13-10(8)14;1-3-2-4(6)8-5(3)7/h1-4,8H,5H2;1-2H2. The highest BCUT2D eigenvalue weighted by molar-refractivity contribution is 7.80. The predicted octanol–water partition coefficient (Wildman–Crippen LogP) is 2.71. The molecule has 0 amide bonds. The summed E-state index contributed by atoms with van der Waals surface area (Å²) in [6.45, 7) is 3.29. The normalized spacial score (nSPS) is 20.4. The van der Waals surface area contributed by atoms with Crippen molar-refractivity contribution < 1.29 is 23.9 Å². The molecule has 22 heavy (non-hydrogen) atoms. The number of carbonyl (C=O) groups excluding carboxylic acids is 3. The van der Waals surface area contributed by atoms with Crippen LogP contribution in [0.15, 0.2) is 36.4 Å². The van der Waals surface area contributed by atoms with Crippen LogP contribution in [0.25, 0.3) is 0 Å². The summed E-state index contributed by atoms with van der Waals surface area (Å²) in [5.74, 6) is -1.43. The summed E-state index contributed by atoms with van der Waals surface area (Å²) in [6.07, 6.45) is 0.388. The van der Waals surface area contributed by atoms with E-state index in [2.05, 4.69) is 11.3 Å². The van der Waals surface area contributed by atoms with Gasteiger partial charge < -0.3 is 9.47 Å². The van der Waals surface area contributed by atoms with Crippen LogP contribution in [0.3, 0.4) is 0 Å². The van der Waals surface area contributed by atoms with Crippen molar-refractivity contribution in [2.75, 3.05) is 0 Å². The van der Waals surface area contributed by atoms with E-state index in [4.69, 9.17) is 28.6 Å². The third kappa shape index (κ3) is 3.99. The van der Waals surface area contributed by atoms with Gasteiger partial charge in [0.05, 0.1) is 18.8 Å². The van der Waals surface area contributed by atoms with Crippen LogP contribution in [-0.4, -0.2) is 23.0 Å². The lowest BCUT2D eigenvalue weighted by Crippen LogP contribution is -2.02. The zero-order chi connectivity index (χ0) is 16.3. The third-order valence-electron chi connectivity index (χ3n) is 3.00. The average molecular weight is 339 g/mol. The molecule has 114 valence electrons. The van der Waals surface area contributed by atoms with Crippen LogP contribution in [0.2, 0.25) is 5.02 Å². The number of hydrogen-bond acceptors (Lipinski definition) is 6. The number of benzene rings is 1. The molecular weight excluding hydrogens is 328 g/mol. The molecule has 0 saturated carbocycles. The SMILES string of the molecule is C=C1CC(=O)OC1=O.O=C1CC(c2ccc(Cl)cc2)C(=S)O1. The Bertz CT molecular complexity index is 647. The number of thiocarbonyl (C=S) groups is 1. The van der Waals surface area contributed by atoms with E-state index in [1.807, 2.05) is 12.1 Å². The first-order valence-corrected chi connectivity index (χ1v) is 7.08. The van der Waals surface area contributed by atoms with Gasteiger partial charge in [-0.2, -0.15) is 0 Å². The second-order valence-electron chi connectivity index (χ2n) is 4.64. The first-order valence-electron chi connectivity index (χ1n) is 6.29. The Kier molecular flexibility index (Phi) is 5.05. The second-order valence-corrected chi connectivity index (χ2v) is 5.48. The number of carbonyl (C=O) groups is 3. The smallest absolute Gasteiger partial charge is 0.341 e. The van der Waals surface area contributed by atoms with Crippen LogP contribution in [0.5, 0.6) is 0 Å².